The number of carbonyl (C=O) groups is 2. The number of unbranched alkanes of at least 4 members (excludes halogenated alkanes) is 2. The number of ketones is 1. The van der Waals surface area contributed by atoms with Gasteiger partial charge in [-0.25, -0.2) is 0 Å². The minimum absolute atomic E-state index is 0.255. The third-order valence-corrected chi connectivity index (χ3v) is 1.88. The molecule has 0 bridgehead atoms. The van der Waals surface area contributed by atoms with Crippen molar-refractivity contribution >= 4 is 11.8 Å². The van der Waals surface area contributed by atoms with E-state index in [1.165, 1.54) is 25.7 Å². The van der Waals surface area contributed by atoms with E-state index in [-0.39, 0.29) is 5.78 Å². The van der Waals surface area contributed by atoms with Crippen LogP contribution in [0.2, 0.25) is 0 Å². The summed E-state index contributed by atoms with van der Waals surface area (Å²) in [4.78, 5) is 18.8. The first-order valence-corrected chi connectivity index (χ1v) is 6.46. The Balaban J connectivity index is -0.000000188. The van der Waals surface area contributed by atoms with Crippen molar-refractivity contribution in [2.45, 2.75) is 73.6 Å². The van der Waals surface area contributed by atoms with Crippen molar-refractivity contribution in [1.29, 1.82) is 0 Å². The van der Waals surface area contributed by atoms with E-state index in [0.717, 1.165) is 12.8 Å². The topological polar surface area (TPSA) is 54.4 Å². The van der Waals surface area contributed by atoms with Crippen LogP contribution < -0.4 is 0 Å². The van der Waals surface area contributed by atoms with Gasteiger partial charge in [0.25, 0.3) is 5.97 Å². The molecule has 104 valence electrons. The Morgan fingerprint density at radius 3 is 1.59 bits per heavy atom. The molecule has 0 rings (SSSR count). The van der Waals surface area contributed by atoms with Crippen molar-refractivity contribution in [3.63, 3.8) is 0 Å². The monoisotopic (exact) mass is 246 g/mol. The van der Waals surface area contributed by atoms with Gasteiger partial charge in [-0.15, -0.1) is 0 Å². The van der Waals surface area contributed by atoms with Crippen LogP contribution in [0.25, 0.3) is 0 Å². The average Bonchev–Trinajstić information content (AvgIpc) is 2.17. The van der Waals surface area contributed by atoms with Crippen LogP contribution in [-0.2, 0) is 9.59 Å². The third kappa shape index (κ3) is 69.3. The largest absolute Gasteiger partial charge is 0.481 e. The second-order valence-corrected chi connectivity index (χ2v) is 4.46. The van der Waals surface area contributed by atoms with E-state index >= 15 is 0 Å². The first-order chi connectivity index (χ1) is 7.77. The van der Waals surface area contributed by atoms with Crippen molar-refractivity contribution in [3.8, 4) is 0 Å². The van der Waals surface area contributed by atoms with E-state index in [1.807, 2.05) is 6.92 Å². The van der Waals surface area contributed by atoms with Crippen molar-refractivity contribution in [1.82, 2.24) is 0 Å². The fraction of sp³-hybridized carbons (Fsp3) is 0.857. The van der Waals surface area contributed by atoms with Gasteiger partial charge in [-0.2, -0.15) is 0 Å². The molecule has 0 aromatic rings. The number of carbonyl (C=O) groups excluding carboxylic acids is 1. The van der Waals surface area contributed by atoms with Gasteiger partial charge in [-0.1, -0.05) is 53.4 Å². The van der Waals surface area contributed by atoms with Gasteiger partial charge in [-0.05, 0) is 12.8 Å². The molecular formula is C14H30O3. The van der Waals surface area contributed by atoms with Gasteiger partial charge in [0, 0.05) is 13.3 Å². The lowest BCUT2D eigenvalue weighted by atomic mass is 10.1. The number of carboxylic acids is 1. The minimum Gasteiger partial charge on any atom is -0.481 e. The Kier molecular flexibility index (Phi) is 22.1. The molecule has 0 spiro atoms. The van der Waals surface area contributed by atoms with Gasteiger partial charge >= 0.3 is 0 Å². The summed E-state index contributed by atoms with van der Waals surface area (Å²) >= 11 is 0. The highest BCUT2D eigenvalue weighted by Gasteiger charge is 1.90. The van der Waals surface area contributed by atoms with E-state index in [2.05, 4.69) is 20.8 Å². The van der Waals surface area contributed by atoms with Crippen molar-refractivity contribution in [2.24, 2.45) is 5.92 Å². The highest BCUT2D eigenvalue weighted by atomic mass is 16.4. The van der Waals surface area contributed by atoms with Gasteiger partial charge in [0.1, 0.15) is 5.78 Å². The first-order valence-electron chi connectivity index (χ1n) is 6.46. The molecule has 0 aromatic heterocycles. The number of carboxylic acid groups (broad SMARTS) is 1. The number of Topliss-reactive ketones (excluding diaryl/α,β-unsaturated/α-hetero) is 1. The molecule has 0 saturated carbocycles. The predicted octanol–water partition coefficient (Wildman–Crippen LogP) is 4.30. The molecule has 0 saturated heterocycles. The maximum atomic E-state index is 9.81. The van der Waals surface area contributed by atoms with Gasteiger partial charge in [0.05, 0.1) is 0 Å². The van der Waals surface area contributed by atoms with Crippen LogP contribution in [-0.4, -0.2) is 16.9 Å². The molecule has 0 aliphatic rings. The number of hydrogen-bond donors (Lipinski definition) is 1. The van der Waals surface area contributed by atoms with Crippen LogP contribution in [0, 0.1) is 5.92 Å². The molecular weight excluding hydrogens is 216 g/mol. The zero-order chi connectivity index (χ0) is 14.3. The molecule has 0 amide bonds. The molecule has 0 aliphatic carbocycles. The standard InChI is InChI=1S/C8H18.C4H8O.C2H4O2/c1-4-5-6-7-8(2)3;1-3-4(2)5;1-2(3)4/h8H,4-7H2,1-3H3;3H2,1-2H3;1H3,(H,3,4). The van der Waals surface area contributed by atoms with Gasteiger partial charge < -0.3 is 9.90 Å². The van der Waals surface area contributed by atoms with E-state index in [4.69, 9.17) is 9.90 Å². The molecule has 17 heavy (non-hydrogen) atoms. The van der Waals surface area contributed by atoms with E-state index in [9.17, 15) is 4.79 Å². The Morgan fingerprint density at radius 1 is 1.06 bits per heavy atom. The molecule has 1 N–H and O–H groups in total. The molecule has 0 atom stereocenters. The number of rotatable bonds is 5. The second kappa shape index (κ2) is 17.5. The summed E-state index contributed by atoms with van der Waals surface area (Å²) in [6.45, 7) is 11.3. The van der Waals surface area contributed by atoms with Crippen LogP contribution in [0.4, 0.5) is 0 Å². The van der Waals surface area contributed by atoms with Crippen LogP contribution in [0.3, 0.4) is 0 Å². The lowest BCUT2D eigenvalue weighted by Gasteiger charge is -2.00. The molecule has 0 unspecified atom stereocenters. The molecule has 0 aromatic carbocycles. The average molecular weight is 246 g/mol. The Labute approximate surface area is 107 Å². The molecule has 0 radical (unpaired) electrons. The SMILES string of the molecule is CC(=O)O.CCC(C)=O.CCCCCC(C)C. The fourth-order valence-electron chi connectivity index (χ4n) is 0.803. The highest BCUT2D eigenvalue weighted by Crippen LogP contribution is 2.06. The van der Waals surface area contributed by atoms with Crippen LogP contribution in [0.1, 0.15) is 73.6 Å². The lowest BCUT2D eigenvalue weighted by molar-refractivity contribution is -0.134. The third-order valence-electron chi connectivity index (χ3n) is 1.88. The predicted molar refractivity (Wildman–Crippen MR) is 73.3 cm³/mol. The quantitative estimate of drug-likeness (QED) is 0.736. The van der Waals surface area contributed by atoms with E-state index in [0.29, 0.717) is 6.42 Å². The molecule has 3 nitrogen and oxygen atoms in total. The van der Waals surface area contributed by atoms with Crippen molar-refractivity contribution < 1.29 is 14.7 Å². The molecule has 0 fully saturated rings. The molecule has 0 aliphatic heterocycles. The van der Waals surface area contributed by atoms with Gasteiger partial charge in [0.2, 0.25) is 0 Å². The summed E-state index contributed by atoms with van der Waals surface area (Å²) in [6.07, 6.45) is 6.27. The van der Waals surface area contributed by atoms with E-state index in [1.54, 1.807) is 6.92 Å². The summed E-state index contributed by atoms with van der Waals surface area (Å²) < 4.78 is 0. The van der Waals surface area contributed by atoms with Crippen LogP contribution in [0.5, 0.6) is 0 Å². The van der Waals surface area contributed by atoms with Crippen molar-refractivity contribution in [2.75, 3.05) is 0 Å². The number of aliphatic carboxylic acids is 1. The van der Waals surface area contributed by atoms with E-state index < -0.39 is 5.97 Å². The van der Waals surface area contributed by atoms with Crippen molar-refractivity contribution in [3.05, 3.63) is 0 Å². The highest BCUT2D eigenvalue weighted by molar-refractivity contribution is 5.74. The summed E-state index contributed by atoms with van der Waals surface area (Å²) in [6, 6.07) is 0. The summed E-state index contributed by atoms with van der Waals surface area (Å²) in [7, 11) is 0. The summed E-state index contributed by atoms with van der Waals surface area (Å²) in [5.74, 6) is 0.326. The maximum Gasteiger partial charge on any atom is 0.300 e. The van der Waals surface area contributed by atoms with Crippen LogP contribution >= 0.6 is 0 Å². The minimum atomic E-state index is -0.833. The normalized spacial score (nSPS) is 8.65. The maximum absolute atomic E-state index is 9.81. The van der Waals surface area contributed by atoms with Gasteiger partial charge in [0.15, 0.2) is 0 Å². The Bertz CT molecular complexity index is 170. The first kappa shape index (κ1) is 21.4. The van der Waals surface area contributed by atoms with Crippen LogP contribution in [0.15, 0.2) is 0 Å². The Morgan fingerprint density at radius 2 is 1.41 bits per heavy atom. The molecule has 0 heterocycles. The lowest BCUT2D eigenvalue weighted by Crippen LogP contribution is -1.85. The second-order valence-electron chi connectivity index (χ2n) is 4.46. The summed E-state index contributed by atoms with van der Waals surface area (Å²) in [5.41, 5.74) is 0. The zero-order valence-corrected chi connectivity index (χ0v) is 12.4. The number of hydrogen-bond acceptors (Lipinski definition) is 2. The summed E-state index contributed by atoms with van der Waals surface area (Å²) in [5, 5.41) is 7.42. The fourth-order valence-corrected chi connectivity index (χ4v) is 0.803. The zero-order valence-electron chi connectivity index (χ0n) is 12.4. The molecule has 3 heteroatoms. The van der Waals surface area contributed by atoms with Gasteiger partial charge in [-0.3, -0.25) is 4.79 Å². The Hall–Kier alpha value is -0.860. The smallest absolute Gasteiger partial charge is 0.300 e.